The van der Waals surface area contributed by atoms with Gasteiger partial charge < -0.3 is 19.9 Å². The third-order valence-electron chi connectivity index (χ3n) is 8.44. The van der Waals surface area contributed by atoms with Gasteiger partial charge in [0.15, 0.2) is 0 Å². The molecule has 2 aliphatic carbocycles. The summed E-state index contributed by atoms with van der Waals surface area (Å²) < 4.78 is 27.5. The van der Waals surface area contributed by atoms with Crippen molar-refractivity contribution in [3.8, 4) is 0 Å². The highest BCUT2D eigenvalue weighted by molar-refractivity contribution is 7.93. The number of carbonyl (C=O) groups is 1. The zero-order valence-corrected chi connectivity index (χ0v) is 22.6. The first kappa shape index (κ1) is 24.7. The minimum atomic E-state index is -2.85. The Kier molecular flexibility index (Phi) is 6.18. The Bertz CT molecular complexity index is 1310. The summed E-state index contributed by atoms with van der Waals surface area (Å²) in [5, 5.41) is 2.98. The summed E-state index contributed by atoms with van der Waals surface area (Å²) >= 11 is 0. The molecule has 3 heterocycles. The monoisotopic (exact) mass is 523 g/mol. The second kappa shape index (κ2) is 9.27. The highest BCUT2D eigenvalue weighted by Crippen LogP contribution is 2.54. The van der Waals surface area contributed by atoms with Gasteiger partial charge in [0.2, 0.25) is 0 Å². The van der Waals surface area contributed by atoms with Gasteiger partial charge >= 0.3 is 0 Å². The van der Waals surface area contributed by atoms with Crippen molar-refractivity contribution in [1.29, 1.82) is 4.78 Å². The number of nitrogens with one attached hydrogen (secondary N) is 2. The summed E-state index contributed by atoms with van der Waals surface area (Å²) in [6.45, 7) is 8.02. The second-order valence-electron chi connectivity index (χ2n) is 11.4. The van der Waals surface area contributed by atoms with Crippen LogP contribution >= 0.6 is 0 Å². The number of piperidine rings is 1. The summed E-state index contributed by atoms with van der Waals surface area (Å²) in [4.78, 5) is 23.4. The van der Waals surface area contributed by atoms with Crippen LogP contribution in [0.15, 0.2) is 35.2 Å². The van der Waals surface area contributed by atoms with Gasteiger partial charge in [-0.05, 0) is 93.7 Å². The standard InChI is InChI=1S/C28H37N5O3S/c1-19-15-25(30-26(16-19)33-13-14-36-20(2)18-33)31-27(34)23-6-5-22(37(29,35)21-3-4-21)17-24(23)32-11-9-28(7-8-28)10-12-32/h5-6,15-17,20-21,29H,3-4,7-14,18H2,1-2H3,(H,30,31,34)/t20-,37+/m1/s1. The van der Waals surface area contributed by atoms with Gasteiger partial charge in [0, 0.05) is 36.3 Å². The summed E-state index contributed by atoms with van der Waals surface area (Å²) in [7, 11) is -2.85. The predicted molar refractivity (Wildman–Crippen MR) is 146 cm³/mol. The van der Waals surface area contributed by atoms with E-state index in [-0.39, 0.29) is 17.3 Å². The van der Waals surface area contributed by atoms with Gasteiger partial charge in [0.25, 0.3) is 5.91 Å². The molecule has 1 amide bonds. The third-order valence-corrected chi connectivity index (χ3v) is 10.8. The van der Waals surface area contributed by atoms with Crippen molar-refractivity contribution in [1.82, 2.24) is 4.98 Å². The number of ether oxygens (including phenoxy) is 1. The molecule has 0 unspecified atom stereocenters. The quantitative estimate of drug-likeness (QED) is 0.564. The lowest BCUT2D eigenvalue weighted by Crippen LogP contribution is -2.41. The number of benzene rings is 1. The van der Waals surface area contributed by atoms with Crippen LogP contribution in [0.1, 0.15) is 61.4 Å². The zero-order valence-electron chi connectivity index (χ0n) is 21.8. The number of amides is 1. The first-order chi connectivity index (χ1) is 17.7. The molecule has 0 radical (unpaired) electrons. The highest BCUT2D eigenvalue weighted by atomic mass is 32.2. The molecular formula is C28H37N5O3S. The van der Waals surface area contributed by atoms with Gasteiger partial charge in [-0.15, -0.1) is 0 Å². The van der Waals surface area contributed by atoms with Crippen LogP contribution in [0.4, 0.5) is 17.3 Å². The van der Waals surface area contributed by atoms with Crippen LogP contribution < -0.4 is 15.1 Å². The van der Waals surface area contributed by atoms with Crippen LogP contribution in [0.5, 0.6) is 0 Å². The fourth-order valence-electron chi connectivity index (χ4n) is 5.73. The molecule has 6 rings (SSSR count). The van der Waals surface area contributed by atoms with E-state index < -0.39 is 9.73 Å². The van der Waals surface area contributed by atoms with E-state index in [0.717, 1.165) is 68.9 Å². The van der Waals surface area contributed by atoms with Crippen molar-refractivity contribution >= 4 is 33.0 Å². The van der Waals surface area contributed by atoms with Crippen molar-refractivity contribution < 1.29 is 13.7 Å². The van der Waals surface area contributed by atoms with Crippen LogP contribution in [0.2, 0.25) is 0 Å². The Morgan fingerprint density at radius 2 is 1.86 bits per heavy atom. The first-order valence-electron chi connectivity index (χ1n) is 13.6. The Morgan fingerprint density at radius 3 is 2.54 bits per heavy atom. The van der Waals surface area contributed by atoms with Crippen molar-refractivity contribution in [3.63, 3.8) is 0 Å². The minimum absolute atomic E-state index is 0.0612. The number of morpholine rings is 1. The Labute approximate surface area is 219 Å². The van der Waals surface area contributed by atoms with E-state index in [9.17, 15) is 9.00 Å². The molecule has 2 saturated carbocycles. The minimum Gasteiger partial charge on any atom is -0.375 e. The SMILES string of the molecule is Cc1cc(NC(=O)c2ccc([S@@](=N)(=O)C3CC3)cc2N2CCC3(CC2)CC3)nc(N2CCO[C@H](C)C2)c1. The van der Waals surface area contributed by atoms with Crippen LogP contribution in [0.3, 0.4) is 0 Å². The van der Waals surface area contributed by atoms with Crippen molar-refractivity contribution in [3.05, 3.63) is 41.5 Å². The third kappa shape index (κ3) is 5.08. The van der Waals surface area contributed by atoms with E-state index in [2.05, 4.69) is 22.0 Å². The average Bonchev–Trinajstić information content (AvgIpc) is 3.80. The number of rotatable bonds is 6. The summed E-state index contributed by atoms with van der Waals surface area (Å²) in [6.07, 6.45) is 6.68. The van der Waals surface area contributed by atoms with Gasteiger partial charge in [0.05, 0.1) is 33.7 Å². The molecule has 1 aromatic carbocycles. The molecule has 2 aliphatic heterocycles. The highest BCUT2D eigenvalue weighted by Gasteiger charge is 2.45. The van der Waals surface area contributed by atoms with E-state index >= 15 is 0 Å². The Hall–Kier alpha value is -2.65. The van der Waals surface area contributed by atoms with E-state index in [1.807, 2.05) is 25.1 Å². The average molecular weight is 524 g/mol. The summed E-state index contributed by atoms with van der Waals surface area (Å²) in [5.74, 6) is 1.13. The van der Waals surface area contributed by atoms with Crippen LogP contribution in [-0.4, -0.2) is 59.2 Å². The van der Waals surface area contributed by atoms with Crippen molar-refractivity contribution in [2.45, 2.75) is 68.6 Å². The molecule has 198 valence electrons. The fourth-order valence-corrected chi connectivity index (χ4v) is 7.47. The molecule has 2 aromatic rings. The number of nitrogens with zero attached hydrogens (tertiary/aromatic N) is 3. The Balaban J connectivity index is 1.29. The van der Waals surface area contributed by atoms with Crippen LogP contribution in [0, 0.1) is 17.1 Å². The largest absolute Gasteiger partial charge is 0.375 e. The number of aryl methyl sites for hydroxylation is 1. The number of hydrogen-bond donors (Lipinski definition) is 2. The van der Waals surface area contributed by atoms with E-state index in [0.29, 0.717) is 28.3 Å². The van der Waals surface area contributed by atoms with Gasteiger partial charge in [-0.25, -0.2) is 14.0 Å². The van der Waals surface area contributed by atoms with Gasteiger partial charge in [0.1, 0.15) is 11.6 Å². The molecule has 2 N–H and O–H groups in total. The maximum Gasteiger partial charge on any atom is 0.258 e. The molecule has 1 spiro atoms. The van der Waals surface area contributed by atoms with Crippen LogP contribution in [0.25, 0.3) is 0 Å². The molecule has 2 atom stereocenters. The van der Waals surface area contributed by atoms with Crippen molar-refractivity contribution in [2.24, 2.45) is 5.41 Å². The number of pyridine rings is 1. The Morgan fingerprint density at radius 1 is 1.11 bits per heavy atom. The molecule has 9 heteroatoms. The smallest absolute Gasteiger partial charge is 0.258 e. The lowest BCUT2D eigenvalue weighted by atomic mass is 9.93. The first-order valence-corrected chi connectivity index (χ1v) is 15.2. The molecule has 1 aromatic heterocycles. The summed E-state index contributed by atoms with van der Waals surface area (Å²) in [5.41, 5.74) is 2.87. The van der Waals surface area contributed by atoms with Gasteiger partial charge in [-0.2, -0.15) is 0 Å². The fraction of sp³-hybridized carbons (Fsp3) is 0.571. The number of hydrogen-bond acceptors (Lipinski definition) is 7. The molecule has 0 bridgehead atoms. The molecule has 4 aliphatic rings. The van der Waals surface area contributed by atoms with Crippen molar-refractivity contribution in [2.75, 3.05) is 47.9 Å². The lowest BCUT2D eigenvalue weighted by Gasteiger charge is -2.35. The number of aromatic nitrogens is 1. The van der Waals surface area contributed by atoms with E-state index in [1.165, 1.54) is 12.8 Å². The number of anilines is 3. The topological polar surface area (TPSA) is 98.6 Å². The summed E-state index contributed by atoms with van der Waals surface area (Å²) in [6, 6.07) is 9.28. The second-order valence-corrected chi connectivity index (χ2v) is 13.8. The molecule has 2 saturated heterocycles. The maximum absolute atomic E-state index is 13.6. The van der Waals surface area contributed by atoms with Gasteiger partial charge in [-0.3, -0.25) is 4.79 Å². The molecule has 37 heavy (non-hydrogen) atoms. The predicted octanol–water partition coefficient (Wildman–Crippen LogP) is 4.82. The normalized spacial score (nSPS) is 24.5. The number of carbonyl (C=O) groups excluding carboxylic acids is 1. The van der Waals surface area contributed by atoms with Gasteiger partial charge in [-0.1, -0.05) is 0 Å². The zero-order chi connectivity index (χ0) is 25.8. The molecule has 4 fully saturated rings. The van der Waals surface area contributed by atoms with Crippen LogP contribution in [-0.2, 0) is 14.5 Å². The lowest BCUT2D eigenvalue weighted by molar-refractivity contribution is 0.0529. The van der Waals surface area contributed by atoms with E-state index in [4.69, 9.17) is 14.5 Å². The van der Waals surface area contributed by atoms with E-state index in [1.54, 1.807) is 12.1 Å². The maximum atomic E-state index is 13.6. The molecule has 8 nitrogen and oxygen atoms in total. The molecular weight excluding hydrogens is 486 g/mol.